The fraction of sp³-hybridized carbons (Fsp3) is 0.714. The van der Waals surface area contributed by atoms with E-state index in [1.165, 1.54) is 0 Å². The highest BCUT2D eigenvalue weighted by Crippen LogP contribution is 2.01. The van der Waals surface area contributed by atoms with Crippen molar-refractivity contribution in [3.05, 3.63) is 0 Å². The Kier molecular flexibility index (Phi) is 3.02. The van der Waals surface area contributed by atoms with Crippen LogP contribution in [0.25, 0.3) is 0 Å². The van der Waals surface area contributed by atoms with Crippen LogP contribution < -0.4 is 11.1 Å². The molecule has 0 aliphatic rings. The van der Waals surface area contributed by atoms with E-state index in [2.05, 4.69) is 5.32 Å². The number of hydrogen-bond donors (Lipinski definition) is 2. The van der Waals surface area contributed by atoms with E-state index >= 15 is 0 Å². The van der Waals surface area contributed by atoms with Gasteiger partial charge in [-0.2, -0.15) is 5.26 Å². The molecule has 1 atom stereocenters. The lowest BCUT2D eigenvalue weighted by Gasteiger charge is -2.23. The molecule has 3 N–H and O–H groups in total. The minimum atomic E-state index is -0.810. The van der Waals surface area contributed by atoms with Gasteiger partial charge in [-0.1, -0.05) is 0 Å². The van der Waals surface area contributed by atoms with Gasteiger partial charge in [0, 0.05) is 0 Å². The molecule has 0 aromatic rings. The van der Waals surface area contributed by atoms with Crippen LogP contribution in [0.2, 0.25) is 0 Å². The van der Waals surface area contributed by atoms with Gasteiger partial charge in [0.05, 0.1) is 17.6 Å². The summed E-state index contributed by atoms with van der Waals surface area (Å²) in [5.74, 6) is -0.459. The number of nitrogens with zero attached hydrogens (tertiary/aromatic N) is 1. The molecular weight excluding hydrogens is 142 g/mol. The molecule has 11 heavy (non-hydrogen) atoms. The van der Waals surface area contributed by atoms with Gasteiger partial charge in [0.2, 0.25) is 5.91 Å². The summed E-state index contributed by atoms with van der Waals surface area (Å²) in [6, 6.07) is 1.59. The first-order valence-electron chi connectivity index (χ1n) is 3.37. The normalized spacial score (nSPS) is 13.6. The number of nitrogens with one attached hydrogen (secondary N) is 1. The van der Waals surface area contributed by atoms with Gasteiger partial charge in [0.15, 0.2) is 0 Å². The Morgan fingerprint density at radius 3 is 2.45 bits per heavy atom. The van der Waals surface area contributed by atoms with E-state index in [1.807, 2.05) is 6.07 Å². The molecule has 0 bridgehead atoms. The van der Waals surface area contributed by atoms with E-state index in [1.54, 1.807) is 20.8 Å². The zero-order chi connectivity index (χ0) is 9.07. The predicted molar refractivity (Wildman–Crippen MR) is 41.5 cm³/mol. The lowest BCUT2D eigenvalue weighted by molar-refractivity contribution is -0.123. The van der Waals surface area contributed by atoms with E-state index in [9.17, 15) is 4.79 Å². The Hall–Kier alpha value is -1.08. The van der Waals surface area contributed by atoms with Gasteiger partial charge < -0.3 is 5.73 Å². The standard InChI is InChI=1S/C7H13N3O/c1-5(4-8)10-7(2,3)6(9)11/h5,10H,1-3H3,(H2,9,11). The summed E-state index contributed by atoms with van der Waals surface area (Å²) in [4.78, 5) is 10.7. The van der Waals surface area contributed by atoms with Crippen molar-refractivity contribution in [2.24, 2.45) is 5.73 Å². The molecule has 0 saturated heterocycles. The lowest BCUT2D eigenvalue weighted by atomic mass is 10.0. The van der Waals surface area contributed by atoms with E-state index in [4.69, 9.17) is 11.0 Å². The lowest BCUT2D eigenvalue weighted by Crippen LogP contribution is -2.53. The predicted octanol–water partition coefficient (Wildman–Crippen LogP) is -0.248. The first-order valence-corrected chi connectivity index (χ1v) is 3.37. The van der Waals surface area contributed by atoms with Crippen LogP contribution in [-0.4, -0.2) is 17.5 Å². The van der Waals surface area contributed by atoms with Crippen LogP contribution in [0.5, 0.6) is 0 Å². The van der Waals surface area contributed by atoms with Crippen molar-refractivity contribution in [2.75, 3.05) is 0 Å². The van der Waals surface area contributed by atoms with E-state index in [0.717, 1.165) is 0 Å². The molecule has 0 heterocycles. The van der Waals surface area contributed by atoms with Crippen LogP contribution in [0.3, 0.4) is 0 Å². The van der Waals surface area contributed by atoms with E-state index in [-0.39, 0.29) is 6.04 Å². The maximum absolute atomic E-state index is 10.7. The van der Waals surface area contributed by atoms with Crippen LogP contribution in [-0.2, 0) is 4.79 Å². The summed E-state index contributed by atoms with van der Waals surface area (Å²) < 4.78 is 0. The number of nitrogens with two attached hydrogens (primary N) is 1. The SMILES string of the molecule is CC(C#N)NC(C)(C)C(N)=O. The smallest absolute Gasteiger partial charge is 0.237 e. The molecule has 0 fully saturated rings. The summed E-state index contributed by atoms with van der Waals surface area (Å²) >= 11 is 0. The summed E-state index contributed by atoms with van der Waals surface area (Å²) in [5.41, 5.74) is 4.25. The van der Waals surface area contributed by atoms with Crippen molar-refractivity contribution in [2.45, 2.75) is 32.4 Å². The molecule has 0 rings (SSSR count). The van der Waals surface area contributed by atoms with Gasteiger partial charge in [-0.25, -0.2) is 0 Å². The molecule has 1 amide bonds. The van der Waals surface area contributed by atoms with E-state index < -0.39 is 11.4 Å². The molecule has 4 nitrogen and oxygen atoms in total. The molecule has 0 aromatic heterocycles. The first-order chi connectivity index (χ1) is 4.90. The Labute approximate surface area is 66.4 Å². The third kappa shape index (κ3) is 3.01. The first kappa shape index (κ1) is 9.92. The number of nitriles is 1. The summed E-state index contributed by atoms with van der Waals surface area (Å²) in [7, 11) is 0. The quantitative estimate of drug-likeness (QED) is 0.590. The highest BCUT2D eigenvalue weighted by Gasteiger charge is 2.25. The van der Waals surface area contributed by atoms with Crippen molar-refractivity contribution < 1.29 is 4.79 Å². The van der Waals surface area contributed by atoms with Gasteiger partial charge in [-0.3, -0.25) is 10.1 Å². The second-order valence-corrected chi connectivity index (χ2v) is 2.98. The average molecular weight is 155 g/mol. The topological polar surface area (TPSA) is 78.9 Å². The molecule has 0 aliphatic heterocycles. The average Bonchev–Trinajstić information content (AvgIpc) is 1.86. The minimum absolute atomic E-state index is 0.363. The maximum Gasteiger partial charge on any atom is 0.237 e. The number of carbonyl (C=O) groups excluding carboxylic acids is 1. The third-order valence-corrected chi connectivity index (χ3v) is 1.39. The Morgan fingerprint density at radius 2 is 2.18 bits per heavy atom. The summed E-state index contributed by atoms with van der Waals surface area (Å²) in [6.45, 7) is 4.96. The minimum Gasteiger partial charge on any atom is -0.368 e. The number of primary amides is 1. The fourth-order valence-corrected chi connectivity index (χ4v) is 0.645. The molecule has 0 spiro atoms. The molecule has 4 heteroatoms. The van der Waals surface area contributed by atoms with Gasteiger partial charge in [-0.15, -0.1) is 0 Å². The largest absolute Gasteiger partial charge is 0.368 e. The van der Waals surface area contributed by atoms with Crippen molar-refractivity contribution in [1.29, 1.82) is 5.26 Å². The van der Waals surface area contributed by atoms with Gasteiger partial charge in [-0.05, 0) is 20.8 Å². The van der Waals surface area contributed by atoms with Crippen molar-refractivity contribution in [3.63, 3.8) is 0 Å². The van der Waals surface area contributed by atoms with Crippen LogP contribution in [0.4, 0.5) is 0 Å². The molecule has 0 radical (unpaired) electrons. The van der Waals surface area contributed by atoms with Crippen molar-refractivity contribution in [3.8, 4) is 6.07 Å². The van der Waals surface area contributed by atoms with Crippen LogP contribution in [0, 0.1) is 11.3 Å². The zero-order valence-corrected chi connectivity index (χ0v) is 7.01. The fourth-order valence-electron chi connectivity index (χ4n) is 0.645. The van der Waals surface area contributed by atoms with Crippen LogP contribution in [0.15, 0.2) is 0 Å². The van der Waals surface area contributed by atoms with Crippen molar-refractivity contribution in [1.82, 2.24) is 5.32 Å². The summed E-state index contributed by atoms with van der Waals surface area (Å²) in [6.07, 6.45) is 0. The van der Waals surface area contributed by atoms with Gasteiger partial charge >= 0.3 is 0 Å². The highest BCUT2D eigenvalue weighted by atomic mass is 16.1. The molecule has 0 saturated carbocycles. The summed E-state index contributed by atoms with van der Waals surface area (Å²) in [5, 5.41) is 11.2. The molecule has 62 valence electrons. The maximum atomic E-state index is 10.7. The second-order valence-electron chi connectivity index (χ2n) is 2.98. The number of amides is 1. The molecule has 1 unspecified atom stereocenters. The number of rotatable bonds is 3. The number of hydrogen-bond acceptors (Lipinski definition) is 3. The Morgan fingerprint density at radius 1 is 1.73 bits per heavy atom. The Bertz CT molecular complexity index is 192. The third-order valence-electron chi connectivity index (χ3n) is 1.39. The van der Waals surface area contributed by atoms with Crippen LogP contribution in [0.1, 0.15) is 20.8 Å². The van der Waals surface area contributed by atoms with Gasteiger partial charge in [0.25, 0.3) is 0 Å². The molecular formula is C7H13N3O. The van der Waals surface area contributed by atoms with Crippen molar-refractivity contribution >= 4 is 5.91 Å². The van der Waals surface area contributed by atoms with E-state index in [0.29, 0.717) is 0 Å². The second kappa shape index (κ2) is 3.35. The Balaban J connectivity index is 4.15. The monoisotopic (exact) mass is 155 g/mol. The molecule has 0 aliphatic carbocycles. The highest BCUT2D eigenvalue weighted by molar-refractivity contribution is 5.83. The zero-order valence-electron chi connectivity index (χ0n) is 7.01. The van der Waals surface area contributed by atoms with Crippen LogP contribution >= 0.6 is 0 Å². The van der Waals surface area contributed by atoms with Gasteiger partial charge in [0.1, 0.15) is 0 Å². The number of carbonyl (C=O) groups is 1. The molecule has 0 aromatic carbocycles.